The van der Waals surface area contributed by atoms with E-state index in [9.17, 15) is 0 Å². The minimum atomic E-state index is -1.97. The molecule has 9 aromatic rings. The zero-order valence-corrected chi connectivity index (χ0v) is 39.4. The number of benzene rings is 9. The largest absolute Gasteiger partial charge is 0.457 e. The van der Waals surface area contributed by atoms with Gasteiger partial charge in [0.15, 0.2) is 0 Å². The van der Waals surface area contributed by atoms with Crippen molar-refractivity contribution < 1.29 is 14.2 Å². The molecule has 65 heavy (non-hydrogen) atoms. The fourth-order valence-electron chi connectivity index (χ4n) is 9.98. The van der Waals surface area contributed by atoms with E-state index < -0.39 is 16.1 Å². The average Bonchev–Trinajstić information content (AvgIpc) is 3.34. The van der Waals surface area contributed by atoms with E-state index >= 15 is 0 Å². The summed E-state index contributed by atoms with van der Waals surface area (Å²) in [6.07, 6.45) is 0. The molecular weight excluding hydrogens is 847 g/mol. The van der Waals surface area contributed by atoms with Gasteiger partial charge in [0, 0.05) is 28.2 Å². The van der Waals surface area contributed by atoms with Gasteiger partial charge < -0.3 is 19.1 Å². The van der Waals surface area contributed by atoms with Gasteiger partial charge in [0.05, 0.1) is 9.79 Å². The van der Waals surface area contributed by atoms with Gasteiger partial charge in [0.25, 0.3) is 0 Å². The molecule has 0 spiro atoms. The number of anilines is 3. The molecule has 3 aliphatic heterocycles. The zero-order valence-electron chi connectivity index (χ0n) is 36.6. The summed E-state index contributed by atoms with van der Waals surface area (Å²) in [5, 5.41) is 5.34. The van der Waals surface area contributed by atoms with Gasteiger partial charge in [-0.3, -0.25) is 0 Å². The van der Waals surface area contributed by atoms with Crippen molar-refractivity contribution in [1.29, 1.82) is 0 Å². The fraction of sp³-hybridized carbons (Fsp3) is 0.0690. The van der Waals surface area contributed by atoms with Crippen LogP contribution < -0.4 is 39.9 Å². The molecule has 7 heteroatoms. The lowest BCUT2D eigenvalue weighted by atomic mass is 10.0. The van der Waals surface area contributed by atoms with Crippen LogP contribution in [0.5, 0.6) is 34.5 Å². The highest BCUT2D eigenvalue weighted by molar-refractivity contribution is 7.99. The molecule has 0 aromatic heterocycles. The summed E-state index contributed by atoms with van der Waals surface area (Å²) >= 11 is 1.77. The van der Waals surface area contributed by atoms with E-state index in [0.717, 1.165) is 94.7 Å². The topological polar surface area (TPSA) is 30.9 Å². The van der Waals surface area contributed by atoms with Crippen molar-refractivity contribution >= 4 is 65.7 Å². The van der Waals surface area contributed by atoms with Crippen LogP contribution in [0, 0.1) is 0 Å². The van der Waals surface area contributed by atoms with Crippen molar-refractivity contribution in [1.82, 2.24) is 0 Å². The molecule has 0 saturated heterocycles. The maximum Gasteiger partial charge on any atom is 0.142 e. The second-order valence-corrected chi connectivity index (χ2v) is 27.8. The molecule has 0 amide bonds. The SMILES string of the molecule is C[Si]1(C)c2ccccc2Oc2c(-c3ccc(N(c4ccc(-c5cccc6c5Oc5ccccc5[Si]6(C)C)cc4)c4ccc(-c5cccc6c5Sc5ccccc5O6)cc4)cc3)cccc21. The lowest BCUT2D eigenvalue weighted by Crippen LogP contribution is -2.56. The third-order valence-corrected chi connectivity index (χ3v) is 21.7. The first kappa shape index (κ1) is 39.5. The second kappa shape index (κ2) is 15.3. The maximum absolute atomic E-state index is 6.73. The summed E-state index contributed by atoms with van der Waals surface area (Å²) in [5.41, 5.74) is 9.93. The third-order valence-electron chi connectivity index (χ3n) is 13.5. The van der Waals surface area contributed by atoms with Crippen molar-refractivity contribution in [3.8, 4) is 67.9 Å². The highest BCUT2D eigenvalue weighted by atomic mass is 32.2. The van der Waals surface area contributed by atoms with Gasteiger partial charge in [-0.15, -0.1) is 0 Å². The monoisotopic (exact) mass is 891 g/mol. The molecule has 0 saturated carbocycles. The lowest BCUT2D eigenvalue weighted by Gasteiger charge is -2.34. The summed E-state index contributed by atoms with van der Waals surface area (Å²) in [7, 11) is -3.95. The van der Waals surface area contributed by atoms with Crippen LogP contribution in [0.15, 0.2) is 210 Å². The van der Waals surface area contributed by atoms with Crippen LogP contribution in [0.4, 0.5) is 17.1 Å². The predicted molar refractivity (Wildman–Crippen MR) is 275 cm³/mol. The van der Waals surface area contributed by atoms with Crippen molar-refractivity contribution in [2.24, 2.45) is 0 Å². The van der Waals surface area contributed by atoms with E-state index in [0.29, 0.717) is 0 Å². The Hall–Kier alpha value is -7.04. The number of ether oxygens (including phenoxy) is 3. The molecule has 0 atom stereocenters. The third kappa shape index (κ3) is 6.56. The highest BCUT2D eigenvalue weighted by Gasteiger charge is 2.38. The molecule has 0 fully saturated rings. The molecule has 314 valence electrons. The van der Waals surface area contributed by atoms with E-state index in [2.05, 4.69) is 219 Å². The molecule has 9 aromatic carbocycles. The zero-order chi connectivity index (χ0) is 43.9. The molecule has 3 aliphatic rings. The first-order chi connectivity index (χ1) is 31.7. The average molecular weight is 892 g/mol. The van der Waals surface area contributed by atoms with Crippen LogP contribution in [-0.4, -0.2) is 16.1 Å². The minimum absolute atomic E-state index is 0.887. The summed E-state index contributed by atoms with van der Waals surface area (Å²) in [6.45, 7) is 9.70. The molecule has 4 nitrogen and oxygen atoms in total. The summed E-state index contributed by atoms with van der Waals surface area (Å²) in [6, 6.07) is 71.8. The van der Waals surface area contributed by atoms with Crippen molar-refractivity contribution in [2.45, 2.75) is 36.0 Å². The smallest absolute Gasteiger partial charge is 0.142 e. The normalized spacial score (nSPS) is 14.4. The molecule has 3 heterocycles. The fourth-order valence-corrected chi connectivity index (χ4v) is 16.7. The van der Waals surface area contributed by atoms with Gasteiger partial charge in [-0.05, 0) is 110 Å². The standard InChI is InChI=1S/C58H45NO3SSi2/c1-64(2)52-22-9-6-18-48(52)61-56-44(14-12-24-54(56)64)38-26-32-41(33-27-38)59(43-36-30-40(31-37-43)46-16-11-20-50-58(46)63-51-21-8-5-17-47(51)60-50)42-34-28-39(29-35-42)45-15-13-25-55-57(45)62-49-19-7-10-23-53(49)65(55,3)4/h5-37H,1-4H3. The Morgan fingerprint density at radius 2 is 0.723 bits per heavy atom. The number of nitrogens with zero attached hydrogens (tertiary/aromatic N) is 1. The first-order valence-electron chi connectivity index (χ1n) is 22.2. The molecule has 0 unspecified atom stereocenters. The maximum atomic E-state index is 6.73. The van der Waals surface area contributed by atoms with Crippen LogP contribution in [0.25, 0.3) is 33.4 Å². The number of fused-ring (bicyclic) bond motifs is 6. The number of para-hydroxylation sites is 5. The Balaban J connectivity index is 0.927. The number of rotatable bonds is 6. The van der Waals surface area contributed by atoms with Gasteiger partial charge in [-0.25, -0.2) is 0 Å². The van der Waals surface area contributed by atoms with Gasteiger partial charge in [-0.2, -0.15) is 0 Å². The van der Waals surface area contributed by atoms with Crippen LogP contribution in [-0.2, 0) is 0 Å². The van der Waals surface area contributed by atoms with E-state index in [1.54, 1.807) is 11.8 Å². The Labute approximate surface area is 386 Å². The van der Waals surface area contributed by atoms with E-state index in [1.807, 2.05) is 12.1 Å². The second-order valence-electron chi connectivity index (χ2n) is 18.1. The van der Waals surface area contributed by atoms with Gasteiger partial charge in [-0.1, -0.05) is 171 Å². The minimum Gasteiger partial charge on any atom is -0.457 e. The summed E-state index contributed by atoms with van der Waals surface area (Å²) < 4.78 is 19.8. The van der Waals surface area contributed by atoms with Crippen LogP contribution in [0.1, 0.15) is 0 Å². The molecule has 0 N–H and O–H groups in total. The first-order valence-corrected chi connectivity index (χ1v) is 29.0. The molecular formula is C58H45NO3SSi2. The van der Waals surface area contributed by atoms with Gasteiger partial charge in [0.1, 0.15) is 50.6 Å². The van der Waals surface area contributed by atoms with Crippen LogP contribution in [0.3, 0.4) is 0 Å². The van der Waals surface area contributed by atoms with Crippen LogP contribution in [0.2, 0.25) is 26.2 Å². The Bertz CT molecular complexity index is 3180. The van der Waals surface area contributed by atoms with E-state index in [4.69, 9.17) is 14.2 Å². The molecule has 12 rings (SSSR count). The molecule has 0 bridgehead atoms. The summed E-state index contributed by atoms with van der Waals surface area (Å²) in [5.74, 6) is 5.70. The number of hydrogen-bond donors (Lipinski definition) is 0. The Morgan fingerprint density at radius 3 is 1.23 bits per heavy atom. The van der Waals surface area contributed by atoms with Crippen molar-refractivity contribution in [3.05, 3.63) is 200 Å². The van der Waals surface area contributed by atoms with Gasteiger partial charge >= 0.3 is 0 Å². The Kier molecular flexibility index (Phi) is 9.31. The highest BCUT2D eigenvalue weighted by Crippen LogP contribution is 2.51. The van der Waals surface area contributed by atoms with E-state index in [1.165, 1.54) is 20.7 Å². The van der Waals surface area contributed by atoms with Crippen LogP contribution >= 0.6 is 11.8 Å². The van der Waals surface area contributed by atoms with E-state index in [-0.39, 0.29) is 0 Å². The van der Waals surface area contributed by atoms with Crippen molar-refractivity contribution in [3.63, 3.8) is 0 Å². The summed E-state index contributed by atoms with van der Waals surface area (Å²) in [4.78, 5) is 4.60. The molecule has 0 aliphatic carbocycles. The van der Waals surface area contributed by atoms with Crippen molar-refractivity contribution in [2.75, 3.05) is 4.90 Å². The predicted octanol–water partition coefficient (Wildman–Crippen LogP) is 14.3. The Morgan fingerprint density at radius 1 is 0.338 bits per heavy atom. The number of hydrogen-bond acceptors (Lipinski definition) is 5. The quantitative estimate of drug-likeness (QED) is 0.155. The van der Waals surface area contributed by atoms with Gasteiger partial charge in [0.2, 0.25) is 0 Å². The molecule has 0 radical (unpaired) electrons. The lowest BCUT2D eigenvalue weighted by molar-refractivity contribution is 0.455.